The SMILES string of the molecule is CN1CCc2c(sc3nc4n(c(=O)c23)C(C)(C)CC(=O)N2C[C@H](F)C[C@@H]42)C1. The van der Waals surface area contributed by atoms with Gasteiger partial charge in [-0.2, -0.15) is 0 Å². The Balaban J connectivity index is 1.81. The highest BCUT2D eigenvalue weighted by atomic mass is 32.1. The van der Waals surface area contributed by atoms with Gasteiger partial charge < -0.3 is 9.80 Å². The molecule has 0 unspecified atom stereocenters. The molecular formula is C19H23FN4O2S. The van der Waals surface area contributed by atoms with E-state index in [4.69, 9.17) is 4.98 Å². The summed E-state index contributed by atoms with van der Waals surface area (Å²) in [6.07, 6.45) is 0.175. The first-order valence-electron chi connectivity index (χ1n) is 9.46. The number of rotatable bonds is 0. The van der Waals surface area contributed by atoms with Crippen LogP contribution in [0.4, 0.5) is 4.39 Å². The van der Waals surface area contributed by atoms with Gasteiger partial charge in [-0.25, -0.2) is 9.37 Å². The molecule has 0 aliphatic carbocycles. The first-order chi connectivity index (χ1) is 12.8. The van der Waals surface area contributed by atoms with Gasteiger partial charge in [0.15, 0.2) is 0 Å². The van der Waals surface area contributed by atoms with E-state index >= 15 is 0 Å². The van der Waals surface area contributed by atoms with Gasteiger partial charge in [-0.15, -0.1) is 11.3 Å². The lowest BCUT2D eigenvalue weighted by Crippen LogP contribution is -2.40. The number of alkyl halides is 1. The first-order valence-corrected chi connectivity index (χ1v) is 10.3. The van der Waals surface area contributed by atoms with Crippen LogP contribution in [0, 0.1) is 0 Å². The Hall–Kier alpha value is -1.80. The topological polar surface area (TPSA) is 58.4 Å². The van der Waals surface area contributed by atoms with Gasteiger partial charge in [-0.3, -0.25) is 14.2 Å². The fourth-order valence-electron chi connectivity index (χ4n) is 4.85. The number of carbonyl (C=O) groups is 1. The second kappa shape index (κ2) is 5.61. The summed E-state index contributed by atoms with van der Waals surface area (Å²) in [6, 6.07) is -0.451. The fourth-order valence-corrected chi connectivity index (χ4v) is 6.15. The third-order valence-corrected chi connectivity index (χ3v) is 7.26. The summed E-state index contributed by atoms with van der Waals surface area (Å²) in [4.78, 5) is 37.0. The van der Waals surface area contributed by atoms with Gasteiger partial charge in [0.2, 0.25) is 5.91 Å². The molecule has 3 aliphatic heterocycles. The van der Waals surface area contributed by atoms with E-state index < -0.39 is 17.8 Å². The number of amides is 1. The Morgan fingerprint density at radius 1 is 1.30 bits per heavy atom. The summed E-state index contributed by atoms with van der Waals surface area (Å²) in [6.45, 7) is 5.66. The van der Waals surface area contributed by atoms with Crippen molar-refractivity contribution in [2.75, 3.05) is 20.1 Å². The molecule has 1 amide bonds. The van der Waals surface area contributed by atoms with E-state index in [1.54, 1.807) is 20.8 Å². The van der Waals surface area contributed by atoms with E-state index in [9.17, 15) is 14.0 Å². The molecule has 0 spiro atoms. The lowest BCUT2D eigenvalue weighted by Gasteiger charge is -2.27. The number of fused-ring (bicyclic) bond motifs is 6. The van der Waals surface area contributed by atoms with Crippen LogP contribution in [0.1, 0.15) is 49.0 Å². The molecule has 2 aromatic heterocycles. The van der Waals surface area contributed by atoms with Gasteiger partial charge in [0, 0.05) is 24.4 Å². The highest BCUT2D eigenvalue weighted by molar-refractivity contribution is 7.18. The zero-order chi connectivity index (χ0) is 19.1. The zero-order valence-corrected chi connectivity index (χ0v) is 16.6. The quantitative estimate of drug-likeness (QED) is 0.692. The van der Waals surface area contributed by atoms with Crippen molar-refractivity contribution in [3.63, 3.8) is 0 Å². The summed E-state index contributed by atoms with van der Waals surface area (Å²) in [5.41, 5.74) is 0.360. The molecule has 3 aliphatic rings. The van der Waals surface area contributed by atoms with Crippen LogP contribution >= 0.6 is 11.3 Å². The molecule has 2 aromatic rings. The van der Waals surface area contributed by atoms with Crippen LogP contribution in [0.25, 0.3) is 10.2 Å². The largest absolute Gasteiger partial charge is 0.329 e. The average Bonchev–Trinajstić information content (AvgIpc) is 3.11. The lowest BCUT2D eigenvalue weighted by atomic mass is 9.98. The molecule has 27 heavy (non-hydrogen) atoms. The van der Waals surface area contributed by atoms with Crippen molar-refractivity contribution in [2.45, 2.75) is 57.4 Å². The van der Waals surface area contributed by atoms with Crippen molar-refractivity contribution in [3.05, 3.63) is 26.6 Å². The Morgan fingerprint density at radius 3 is 2.85 bits per heavy atom. The van der Waals surface area contributed by atoms with Gasteiger partial charge in [-0.05, 0) is 32.9 Å². The van der Waals surface area contributed by atoms with Crippen LogP contribution in [0.3, 0.4) is 0 Å². The van der Waals surface area contributed by atoms with E-state index in [1.165, 1.54) is 4.88 Å². The maximum Gasteiger partial charge on any atom is 0.263 e. The van der Waals surface area contributed by atoms with Gasteiger partial charge in [0.25, 0.3) is 5.56 Å². The number of hydrogen-bond donors (Lipinski definition) is 0. The van der Waals surface area contributed by atoms with Gasteiger partial charge in [0.05, 0.1) is 29.9 Å². The van der Waals surface area contributed by atoms with Crippen LogP contribution in [-0.2, 0) is 23.3 Å². The monoisotopic (exact) mass is 390 g/mol. The predicted octanol–water partition coefficient (Wildman–Crippen LogP) is 2.20. The Bertz CT molecular complexity index is 1030. The van der Waals surface area contributed by atoms with E-state index in [-0.39, 0.29) is 30.9 Å². The number of aromatic nitrogens is 2. The lowest BCUT2D eigenvalue weighted by molar-refractivity contribution is -0.133. The summed E-state index contributed by atoms with van der Waals surface area (Å²) >= 11 is 1.57. The molecular weight excluding hydrogens is 367 g/mol. The van der Waals surface area contributed by atoms with Crippen LogP contribution in [0.15, 0.2) is 4.79 Å². The number of carbonyl (C=O) groups excluding carboxylic acids is 1. The van der Waals surface area contributed by atoms with Crippen LogP contribution in [0.5, 0.6) is 0 Å². The predicted molar refractivity (Wildman–Crippen MR) is 102 cm³/mol. The first kappa shape index (κ1) is 17.3. The fraction of sp³-hybridized carbons (Fsp3) is 0.632. The minimum Gasteiger partial charge on any atom is -0.329 e. The maximum absolute atomic E-state index is 14.1. The van der Waals surface area contributed by atoms with Crippen LogP contribution in [0.2, 0.25) is 0 Å². The average molecular weight is 390 g/mol. The molecule has 0 radical (unpaired) electrons. The highest BCUT2D eigenvalue weighted by Gasteiger charge is 2.45. The molecule has 5 rings (SSSR count). The third-order valence-electron chi connectivity index (χ3n) is 6.15. The molecule has 1 saturated heterocycles. The summed E-state index contributed by atoms with van der Waals surface area (Å²) < 4.78 is 15.8. The second-order valence-electron chi connectivity index (χ2n) is 8.67. The number of nitrogens with zero attached hydrogens (tertiary/aromatic N) is 4. The molecule has 6 nitrogen and oxygen atoms in total. The smallest absolute Gasteiger partial charge is 0.263 e. The van der Waals surface area contributed by atoms with E-state index in [1.807, 2.05) is 13.8 Å². The van der Waals surface area contributed by atoms with E-state index in [0.29, 0.717) is 11.2 Å². The molecule has 5 heterocycles. The van der Waals surface area contributed by atoms with Crippen LogP contribution in [-0.4, -0.2) is 51.6 Å². The molecule has 8 heteroatoms. The number of thiophene rings is 1. The number of hydrogen-bond acceptors (Lipinski definition) is 5. The van der Waals surface area contributed by atoms with E-state index in [2.05, 4.69) is 11.9 Å². The minimum absolute atomic E-state index is 0.0704. The zero-order valence-electron chi connectivity index (χ0n) is 15.8. The molecule has 0 saturated carbocycles. The van der Waals surface area contributed by atoms with Crippen molar-refractivity contribution in [3.8, 4) is 0 Å². The maximum atomic E-state index is 14.1. The summed E-state index contributed by atoms with van der Waals surface area (Å²) in [5, 5.41) is 0.704. The normalized spacial score (nSPS) is 27.4. The van der Waals surface area contributed by atoms with Crippen molar-refractivity contribution < 1.29 is 9.18 Å². The molecule has 0 bridgehead atoms. The van der Waals surface area contributed by atoms with E-state index in [0.717, 1.165) is 29.9 Å². The van der Waals surface area contributed by atoms with Gasteiger partial charge in [0.1, 0.15) is 16.8 Å². The minimum atomic E-state index is -1.06. The number of halogens is 1. The van der Waals surface area contributed by atoms with Gasteiger partial charge >= 0.3 is 0 Å². The summed E-state index contributed by atoms with van der Waals surface area (Å²) in [7, 11) is 2.08. The van der Waals surface area contributed by atoms with Crippen molar-refractivity contribution >= 4 is 27.5 Å². The van der Waals surface area contributed by atoms with Crippen molar-refractivity contribution in [2.24, 2.45) is 0 Å². The molecule has 144 valence electrons. The second-order valence-corrected chi connectivity index (χ2v) is 9.75. The van der Waals surface area contributed by atoms with Gasteiger partial charge in [-0.1, -0.05) is 0 Å². The Labute approximate surface area is 160 Å². The number of likely N-dealkylation sites (N-methyl/N-ethyl adjacent to an activating group) is 1. The van der Waals surface area contributed by atoms with Crippen molar-refractivity contribution in [1.29, 1.82) is 0 Å². The van der Waals surface area contributed by atoms with Crippen molar-refractivity contribution in [1.82, 2.24) is 19.4 Å². The molecule has 2 atom stereocenters. The van der Waals surface area contributed by atoms with Crippen LogP contribution < -0.4 is 5.56 Å². The summed E-state index contributed by atoms with van der Waals surface area (Å²) in [5.74, 6) is 0.456. The molecule has 0 aromatic carbocycles. The molecule has 1 fully saturated rings. The Kier molecular flexibility index (Phi) is 3.59. The third kappa shape index (κ3) is 2.42. The standard InChI is InChI=1S/C19H23FN4O2S/c1-19(2)7-14(25)23-8-10(20)6-12(23)16-21-17-15(18(26)24(16)19)11-4-5-22(3)9-13(11)27-17/h10,12H,4-9H2,1-3H3/t10-,12+/m1/s1. The molecule has 0 N–H and O–H groups in total. The highest BCUT2D eigenvalue weighted by Crippen LogP contribution is 2.41. The Morgan fingerprint density at radius 2 is 2.07 bits per heavy atom.